The fraction of sp³-hybridized carbons (Fsp3) is 0.583. The zero-order valence-corrected chi connectivity index (χ0v) is 12.2. The molecule has 0 fully saturated rings. The summed E-state index contributed by atoms with van der Waals surface area (Å²) in [4.78, 5) is 16.3. The van der Waals surface area contributed by atoms with Gasteiger partial charge in [0, 0.05) is 13.6 Å². The number of fused-ring (bicyclic) bond motifs is 1. The number of nitrogens with one attached hydrogen (secondary N) is 1. The van der Waals surface area contributed by atoms with Crippen molar-refractivity contribution in [2.24, 2.45) is 7.05 Å². The van der Waals surface area contributed by atoms with Crippen LogP contribution in [0.3, 0.4) is 0 Å². The largest absolute Gasteiger partial charge is 0.355 e. The Bertz CT molecular complexity index is 601. The van der Waals surface area contributed by atoms with Gasteiger partial charge in [0.1, 0.15) is 17.9 Å². The first kappa shape index (κ1) is 13.9. The first-order valence-corrected chi connectivity index (χ1v) is 6.83. The van der Waals surface area contributed by atoms with Crippen LogP contribution in [0.4, 0.5) is 0 Å². The van der Waals surface area contributed by atoms with Gasteiger partial charge < -0.3 is 9.88 Å². The van der Waals surface area contributed by atoms with Crippen LogP contribution in [0.1, 0.15) is 24.9 Å². The Hall–Kier alpha value is -1.56. The minimum atomic E-state index is -0.0358. The summed E-state index contributed by atoms with van der Waals surface area (Å²) >= 11 is 5.91. The van der Waals surface area contributed by atoms with Crippen molar-refractivity contribution in [1.82, 2.24) is 24.6 Å². The Morgan fingerprint density at radius 2 is 2.21 bits per heavy atom. The average molecular weight is 284 g/mol. The van der Waals surface area contributed by atoms with Gasteiger partial charge in [0.15, 0.2) is 5.65 Å². The van der Waals surface area contributed by atoms with Gasteiger partial charge in [-0.3, -0.25) is 9.48 Å². The lowest BCUT2D eigenvalue weighted by atomic mass is 10.4. The lowest BCUT2D eigenvalue weighted by Crippen LogP contribution is -2.29. The number of hydrogen-bond donors (Lipinski definition) is 1. The quantitative estimate of drug-likeness (QED) is 0.842. The minimum Gasteiger partial charge on any atom is -0.355 e. The molecule has 0 spiro atoms. The first-order chi connectivity index (χ1) is 9.08. The second-order valence-corrected chi connectivity index (χ2v) is 4.75. The van der Waals surface area contributed by atoms with Crippen LogP contribution in [0.15, 0.2) is 0 Å². The molecular weight excluding hydrogens is 266 g/mol. The van der Waals surface area contributed by atoms with E-state index in [1.807, 2.05) is 25.5 Å². The van der Waals surface area contributed by atoms with E-state index in [1.165, 1.54) is 0 Å². The molecule has 1 amide bonds. The predicted octanol–water partition coefficient (Wildman–Crippen LogP) is 1.34. The zero-order chi connectivity index (χ0) is 14.0. The molecule has 2 aromatic rings. The standard InChI is InChI=1S/C12H18ClN5O/c1-4-5-14-10(19)7-18-9(6-13)15-11-8(2)16-17(3)12(11)18/h4-7H2,1-3H3,(H,14,19). The third-order valence-corrected chi connectivity index (χ3v) is 3.20. The van der Waals surface area contributed by atoms with Crippen molar-refractivity contribution < 1.29 is 4.79 Å². The highest BCUT2D eigenvalue weighted by molar-refractivity contribution is 6.16. The van der Waals surface area contributed by atoms with Crippen molar-refractivity contribution in [1.29, 1.82) is 0 Å². The van der Waals surface area contributed by atoms with Crippen LogP contribution in [0.25, 0.3) is 11.2 Å². The van der Waals surface area contributed by atoms with Gasteiger partial charge in [-0.15, -0.1) is 11.6 Å². The van der Waals surface area contributed by atoms with Crippen LogP contribution in [0.2, 0.25) is 0 Å². The summed E-state index contributed by atoms with van der Waals surface area (Å²) in [6, 6.07) is 0. The molecule has 104 valence electrons. The highest BCUT2D eigenvalue weighted by atomic mass is 35.5. The van der Waals surface area contributed by atoms with Gasteiger partial charge in [-0.1, -0.05) is 6.92 Å². The van der Waals surface area contributed by atoms with Gasteiger partial charge >= 0.3 is 0 Å². The second kappa shape index (κ2) is 5.61. The maximum atomic E-state index is 11.9. The smallest absolute Gasteiger partial charge is 0.240 e. The summed E-state index contributed by atoms with van der Waals surface area (Å²) in [5.74, 6) is 0.931. The van der Waals surface area contributed by atoms with Crippen LogP contribution in [0, 0.1) is 6.92 Å². The molecule has 0 aromatic carbocycles. The summed E-state index contributed by atoms with van der Waals surface area (Å²) in [5.41, 5.74) is 2.48. The monoisotopic (exact) mass is 283 g/mol. The van der Waals surface area contributed by atoms with Crippen LogP contribution >= 0.6 is 11.6 Å². The van der Waals surface area contributed by atoms with E-state index in [9.17, 15) is 4.79 Å². The molecule has 0 aliphatic carbocycles. The van der Waals surface area contributed by atoms with Crippen LogP contribution in [-0.4, -0.2) is 31.8 Å². The Labute approximate surface area is 116 Å². The minimum absolute atomic E-state index is 0.0358. The van der Waals surface area contributed by atoms with E-state index in [-0.39, 0.29) is 18.3 Å². The van der Waals surface area contributed by atoms with Gasteiger partial charge in [0.2, 0.25) is 5.91 Å². The van der Waals surface area contributed by atoms with Gasteiger partial charge in [0.25, 0.3) is 0 Å². The molecule has 0 saturated heterocycles. The number of hydrogen-bond acceptors (Lipinski definition) is 3. The fourth-order valence-electron chi connectivity index (χ4n) is 2.11. The number of halogens is 1. The van der Waals surface area contributed by atoms with Gasteiger partial charge in [0.05, 0.1) is 11.6 Å². The summed E-state index contributed by atoms with van der Waals surface area (Å²) in [5, 5.41) is 7.17. The number of aryl methyl sites for hydroxylation is 2. The molecule has 7 heteroatoms. The van der Waals surface area contributed by atoms with Gasteiger partial charge in [-0.25, -0.2) is 4.98 Å². The van der Waals surface area contributed by atoms with Gasteiger partial charge in [-0.05, 0) is 13.3 Å². The Morgan fingerprint density at radius 3 is 2.84 bits per heavy atom. The Balaban J connectivity index is 2.37. The topological polar surface area (TPSA) is 64.7 Å². The number of carbonyl (C=O) groups excluding carboxylic acids is 1. The molecule has 0 saturated carbocycles. The molecule has 1 N–H and O–H groups in total. The number of aromatic nitrogens is 4. The maximum absolute atomic E-state index is 11.9. The van der Waals surface area contributed by atoms with E-state index in [0.29, 0.717) is 12.4 Å². The zero-order valence-electron chi connectivity index (χ0n) is 11.4. The van der Waals surface area contributed by atoms with Crippen molar-refractivity contribution >= 4 is 28.7 Å². The highest BCUT2D eigenvalue weighted by Gasteiger charge is 2.18. The number of carbonyl (C=O) groups is 1. The maximum Gasteiger partial charge on any atom is 0.240 e. The highest BCUT2D eigenvalue weighted by Crippen LogP contribution is 2.19. The number of imidazole rings is 1. The molecule has 2 aromatic heterocycles. The van der Waals surface area contributed by atoms with Crippen LogP contribution < -0.4 is 5.32 Å². The average Bonchev–Trinajstić information content (AvgIpc) is 2.87. The van der Waals surface area contributed by atoms with E-state index in [4.69, 9.17) is 11.6 Å². The fourth-order valence-corrected chi connectivity index (χ4v) is 2.32. The van der Waals surface area contributed by atoms with Crippen LogP contribution in [-0.2, 0) is 24.3 Å². The lowest BCUT2D eigenvalue weighted by Gasteiger charge is -2.08. The number of alkyl halides is 1. The summed E-state index contributed by atoms with van der Waals surface area (Å²) < 4.78 is 3.56. The third-order valence-electron chi connectivity index (χ3n) is 2.96. The van der Waals surface area contributed by atoms with E-state index >= 15 is 0 Å². The molecule has 0 aliphatic rings. The molecule has 6 nitrogen and oxygen atoms in total. The SMILES string of the molecule is CCCNC(=O)Cn1c(CCl)nc2c(C)nn(C)c21. The first-order valence-electron chi connectivity index (χ1n) is 6.29. The third kappa shape index (κ3) is 2.58. The molecule has 2 heterocycles. The van der Waals surface area contributed by atoms with Crippen molar-refractivity contribution in [2.45, 2.75) is 32.7 Å². The van der Waals surface area contributed by atoms with Crippen molar-refractivity contribution in [3.8, 4) is 0 Å². The van der Waals surface area contributed by atoms with Crippen molar-refractivity contribution in [2.75, 3.05) is 6.54 Å². The van der Waals surface area contributed by atoms with Crippen molar-refractivity contribution in [3.63, 3.8) is 0 Å². The van der Waals surface area contributed by atoms with E-state index in [2.05, 4.69) is 15.4 Å². The predicted molar refractivity (Wildman–Crippen MR) is 74.1 cm³/mol. The lowest BCUT2D eigenvalue weighted by molar-refractivity contribution is -0.121. The normalized spacial score (nSPS) is 11.2. The van der Waals surface area contributed by atoms with Gasteiger partial charge in [-0.2, -0.15) is 5.10 Å². The second-order valence-electron chi connectivity index (χ2n) is 4.48. The molecule has 0 bridgehead atoms. The van der Waals surface area contributed by atoms with Crippen molar-refractivity contribution in [3.05, 3.63) is 11.5 Å². The van der Waals surface area contributed by atoms with Crippen LogP contribution in [0.5, 0.6) is 0 Å². The molecule has 0 aliphatic heterocycles. The molecule has 0 unspecified atom stereocenters. The summed E-state index contributed by atoms with van der Waals surface area (Å²) in [7, 11) is 1.84. The van der Waals surface area contributed by atoms with E-state index in [1.54, 1.807) is 4.68 Å². The number of rotatable bonds is 5. The van der Waals surface area contributed by atoms with E-state index in [0.717, 1.165) is 23.3 Å². The summed E-state index contributed by atoms with van der Waals surface area (Å²) in [6.45, 7) is 4.81. The summed E-state index contributed by atoms with van der Waals surface area (Å²) in [6.07, 6.45) is 0.915. The molecule has 0 atom stereocenters. The molecular formula is C12H18ClN5O. The number of amides is 1. The molecule has 19 heavy (non-hydrogen) atoms. The molecule has 2 rings (SSSR count). The Kier molecular flexibility index (Phi) is 4.09. The van der Waals surface area contributed by atoms with E-state index < -0.39 is 0 Å². The number of nitrogens with zero attached hydrogens (tertiary/aromatic N) is 4. The Morgan fingerprint density at radius 1 is 1.47 bits per heavy atom. The molecule has 0 radical (unpaired) electrons.